The highest BCUT2D eigenvalue weighted by Crippen LogP contribution is 2.11. The Hall–Kier alpha value is -0.650. The summed E-state index contributed by atoms with van der Waals surface area (Å²) in [4.78, 5) is 16.2. The van der Waals surface area contributed by atoms with Gasteiger partial charge in [0.2, 0.25) is 5.91 Å². The second-order valence-electron chi connectivity index (χ2n) is 6.42. The van der Waals surface area contributed by atoms with Crippen molar-refractivity contribution in [2.24, 2.45) is 5.73 Å². The number of aliphatic hydroxyl groups is 1. The summed E-state index contributed by atoms with van der Waals surface area (Å²) in [7, 11) is 0. The minimum Gasteiger partial charge on any atom is -0.389 e. The molecule has 0 spiro atoms. The molecule has 1 saturated heterocycles. The van der Waals surface area contributed by atoms with Gasteiger partial charge in [0, 0.05) is 39.1 Å². The number of unbranched alkanes of at least 4 members (excludes halogenated alkanes) is 3. The molecule has 1 aliphatic heterocycles. The molecule has 5 heteroatoms. The normalized spacial score (nSPS) is 17.5. The van der Waals surface area contributed by atoms with Gasteiger partial charge in [-0.15, -0.1) is 0 Å². The Balaban J connectivity index is 2.15. The fourth-order valence-corrected chi connectivity index (χ4v) is 2.63. The van der Waals surface area contributed by atoms with Gasteiger partial charge in [0.15, 0.2) is 0 Å². The highest BCUT2D eigenvalue weighted by molar-refractivity contribution is 5.76. The van der Waals surface area contributed by atoms with Crippen LogP contribution in [0.4, 0.5) is 0 Å². The molecule has 0 unspecified atom stereocenters. The summed E-state index contributed by atoms with van der Waals surface area (Å²) in [5.74, 6) is 0.278. The van der Waals surface area contributed by atoms with E-state index >= 15 is 0 Å². The number of nitrogens with two attached hydrogens (primary N) is 1. The molecule has 20 heavy (non-hydrogen) atoms. The van der Waals surface area contributed by atoms with Crippen LogP contribution in [0, 0.1) is 0 Å². The lowest BCUT2D eigenvalue weighted by Gasteiger charge is -2.37. The predicted molar refractivity (Wildman–Crippen MR) is 81.5 cm³/mol. The molecule has 0 saturated carbocycles. The lowest BCUT2D eigenvalue weighted by Crippen LogP contribution is -2.51. The Morgan fingerprint density at radius 3 is 2.25 bits per heavy atom. The van der Waals surface area contributed by atoms with Crippen molar-refractivity contribution in [3.05, 3.63) is 0 Å². The minimum absolute atomic E-state index is 0.278. The summed E-state index contributed by atoms with van der Waals surface area (Å²) in [6.45, 7) is 8.38. The standard InChI is InChI=1S/C15H31N3O2/c1-15(2,20)13-17-9-11-18(12-10-17)14(19)7-5-3-4-6-8-16/h20H,3-13,16H2,1-2H3. The molecule has 118 valence electrons. The topological polar surface area (TPSA) is 69.8 Å². The van der Waals surface area contributed by atoms with Crippen LogP contribution in [-0.2, 0) is 4.79 Å². The van der Waals surface area contributed by atoms with Crippen molar-refractivity contribution in [1.82, 2.24) is 9.80 Å². The van der Waals surface area contributed by atoms with Gasteiger partial charge in [-0.1, -0.05) is 12.8 Å². The van der Waals surface area contributed by atoms with Crippen molar-refractivity contribution < 1.29 is 9.90 Å². The Labute approximate surface area is 123 Å². The summed E-state index contributed by atoms with van der Waals surface area (Å²) < 4.78 is 0. The van der Waals surface area contributed by atoms with Crippen LogP contribution in [0.1, 0.15) is 46.0 Å². The quantitative estimate of drug-likeness (QED) is 0.648. The Morgan fingerprint density at radius 1 is 1.10 bits per heavy atom. The van der Waals surface area contributed by atoms with Gasteiger partial charge < -0.3 is 15.7 Å². The van der Waals surface area contributed by atoms with Gasteiger partial charge in [-0.25, -0.2) is 0 Å². The number of nitrogens with zero attached hydrogens (tertiary/aromatic N) is 2. The van der Waals surface area contributed by atoms with E-state index in [1.54, 1.807) is 0 Å². The van der Waals surface area contributed by atoms with Crippen LogP contribution in [0.2, 0.25) is 0 Å². The molecule has 0 aliphatic carbocycles. The largest absolute Gasteiger partial charge is 0.389 e. The first-order valence-corrected chi connectivity index (χ1v) is 7.85. The fourth-order valence-electron chi connectivity index (χ4n) is 2.63. The number of β-amino-alcohol motifs (C(OH)–C–C–N with tert-alkyl or cyclic N) is 1. The molecule has 1 fully saturated rings. The molecule has 0 aromatic rings. The van der Waals surface area contributed by atoms with Gasteiger partial charge in [-0.2, -0.15) is 0 Å². The number of hydrogen-bond donors (Lipinski definition) is 2. The van der Waals surface area contributed by atoms with Gasteiger partial charge >= 0.3 is 0 Å². The summed E-state index contributed by atoms with van der Waals surface area (Å²) in [5.41, 5.74) is 4.79. The Kier molecular flexibility index (Phi) is 7.48. The molecule has 1 heterocycles. The first-order chi connectivity index (χ1) is 9.42. The highest BCUT2D eigenvalue weighted by Gasteiger charge is 2.24. The highest BCUT2D eigenvalue weighted by atomic mass is 16.3. The average Bonchev–Trinajstić information content (AvgIpc) is 2.37. The molecule has 1 rings (SSSR count). The minimum atomic E-state index is -0.658. The number of piperazine rings is 1. The van der Waals surface area contributed by atoms with Gasteiger partial charge in [0.05, 0.1) is 5.60 Å². The molecular formula is C15H31N3O2. The molecule has 0 aromatic heterocycles. The maximum atomic E-state index is 12.1. The molecule has 1 aliphatic rings. The monoisotopic (exact) mass is 285 g/mol. The van der Waals surface area contributed by atoms with Crippen LogP contribution in [0.25, 0.3) is 0 Å². The molecule has 0 radical (unpaired) electrons. The average molecular weight is 285 g/mol. The number of carbonyl (C=O) groups is 1. The molecular weight excluding hydrogens is 254 g/mol. The van der Waals surface area contributed by atoms with E-state index in [2.05, 4.69) is 4.90 Å². The summed E-state index contributed by atoms with van der Waals surface area (Å²) in [6.07, 6.45) is 4.92. The predicted octanol–water partition coefficient (Wildman–Crippen LogP) is 0.811. The first-order valence-electron chi connectivity index (χ1n) is 7.85. The van der Waals surface area contributed by atoms with Crippen molar-refractivity contribution in [3.8, 4) is 0 Å². The molecule has 0 atom stereocenters. The van der Waals surface area contributed by atoms with Gasteiger partial charge in [0.1, 0.15) is 0 Å². The van der Waals surface area contributed by atoms with Crippen LogP contribution in [0.15, 0.2) is 0 Å². The van der Waals surface area contributed by atoms with E-state index in [1.165, 1.54) is 0 Å². The maximum Gasteiger partial charge on any atom is 0.222 e. The molecule has 5 nitrogen and oxygen atoms in total. The van der Waals surface area contributed by atoms with E-state index in [1.807, 2.05) is 18.7 Å². The molecule has 0 bridgehead atoms. The molecule has 0 aromatic carbocycles. The van der Waals surface area contributed by atoms with Crippen LogP contribution < -0.4 is 5.73 Å². The maximum absolute atomic E-state index is 12.1. The van der Waals surface area contributed by atoms with E-state index in [4.69, 9.17) is 5.73 Å². The summed E-state index contributed by atoms with van der Waals surface area (Å²) >= 11 is 0. The summed E-state index contributed by atoms with van der Waals surface area (Å²) in [5, 5.41) is 9.80. The van der Waals surface area contributed by atoms with Crippen molar-refractivity contribution in [1.29, 1.82) is 0 Å². The van der Waals surface area contributed by atoms with Gasteiger partial charge in [-0.05, 0) is 33.2 Å². The van der Waals surface area contributed by atoms with Crippen molar-refractivity contribution in [2.45, 2.75) is 51.6 Å². The Bertz CT molecular complexity index is 281. The zero-order valence-corrected chi connectivity index (χ0v) is 13.1. The van der Waals surface area contributed by atoms with Gasteiger partial charge in [-0.3, -0.25) is 9.69 Å². The number of hydrogen-bond acceptors (Lipinski definition) is 4. The van der Waals surface area contributed by atoms with Crippen LogP contribution in [0.5, 0.6) is 0 Å². The molecule has 3 N–H and O–H groups in total. The number of carbonyl (C=O) groups excluding carboxylic acids is 1. The van der Waals surface area contributed by atoms with E-state index in [-0.39, 0.29) is 5.91 Å². The third kappa shape index (κ3) is 7.22. The second-order valence-corrected chi connectivity index (χ2v) is 6.42. The second kappa shape index (κ2) is 8.60. The van der Waals surface area contributed by atoms with E-state index < -0.39 is 5.60 Å². The number of amides is 1. The van der Waals surface area contributed by atoms with E-state index in [0.717, 1.165) is 58.4 Å². The lowest BCUT2D eigenvalue weighted by molar-refractivity contribution is -0.133. The number of rotatable bonds is 8. The zero-order chi connectivity index (χ0) is 15.0. The lowest BCUT2D eigenvalue weighted by atomic mass is 10.1. The third-order valence-corrected chi connectivity index (χ3v) is 3.68. The first kappa shape index (κ1) is 17.4. The molecule has 1 amide bonds. The van der Waals surface area contributed by atoms with Gasteiger partial charge in [0.25, 0.3) is 0 Å². The van der Waals surface area contributed by atoms with Crippen molar-refractivity contribution in [2.75, 3.05) is 39.3 Å². The van der Waals surface area contributed by atoms with Crippen LogP contribution in [-0.4, -0.2) is 65.7 Å². The fraction of sp³-hybridized carbons (Fsp3) is 0.933. The SMILES string of the molecule is CC(C)(O)CN1CCN(C(=O)CCCCCCN)CC1. The smallest absolute Gasteiger partial charge is 0.222 e. The van der Waals surface area contributed by atoms with E-state index in [9.17, 15) is 9.90 Å². The zero-order valence-electron chi connectivity index (χ0n) is 13.1. The third-order valence-electron chi connectivity index (χ3n) is 3.68. The van der Waals surface area contributed by atoms with Crippen molar-refractivity contribution >= 4 is 5.91 Å². The Morgan fingerprint density at radius 2 is 1.70 bits per heavy atom. The van der Waals surface area contributed by atoms with E-state index in [0.29, 0.717) is 13.0 Å². The van der Waals surface area contributed by atoms with Crippen LogP contribution >= 0.6 is 0 Å². The van der Waals surface area contributed by atoms with Crippen molar-refractivity contribution in [3.63, 3.8) is 0 Å². The van der Waals surface area contributed by atoms with Crippen LogP contribution in [0.3, 0.4) is 0 Å². The summed E-state index contributed by atoms with van der Waals surface area (Å²) in [6, 6.07) is 0.